The van der Waals surface area contributed by atoms with Crippen LogP contribution in [0.5, 0.6) is 0 Å². The van der Waals surface area contributed by atoms with E-state index in [1.807, 2.05) is 0 Å². The van der Waals surface area contributed by atoms with Gasteiger partial charge in [0, 0.05) is 13.1 Å². The Labute approximate surface area is 135 Å². The number of pyridine rings is 1. The number of hydrogen-bond acceptors (Lipinski definition) is 4. The summed E-state index contributed by atoms with van der Waals surface area (Å²) in [7, 11) is -3.82. The SMILES string of the molecule is O=C(O)C1CCCN(S(=O)(=O)Nc2cnc(Cl)c(Br)c2)C1. The van der Waals surface area contributed by atoms with Gasteiger partial charge in [0.2, 0.25) is 0 Å². The number of nitrogens with zero attached hydrogens (tertiary/aromatic N) is 2. The van der Waals surface area contributed by atoms with Crippen molar-refractivity contribution in [1.82, 2.24) is 9.29 Å². The van der Waals surface area contributed by atoms with E-state index >= 15 is 0 Å². The minimum atomic E-state index is -3.82. The van der Waals surface area contributed by atoms with Crippen LogP contribution >= 0.6 is 27.5 Å². The number of aliphatic carboxylic acids is 1. The number of halogens is 2. The summed E-state index contributed by atoms with van der Waals surface area (Å²) in [5.74, 6) is -1.66. The van der Waals surface area contributed by atoms with E-state index < -0.39 is 22.1 Å². The minimum absolute atomic E-state index is 0.0349. The lowest BCUT2D eigenvalue weighted by Gasteiger charge is -2.29. The zero-order chi connectivity index (χ0) is 15.6. The van der Waals surface area contributed by atoms with Crippen LogP contribution in [0.25, 0.3) is 0 Å². The highest BCUT2D eigenvalue weighted by molar-refractivity contribution is 9.10. The summed E-state index contributed by atoms with van der Waals surface area (Å²) in [5.41, 5.74) is 0.253. The number of nitrogens with one attached hydrogen (secondary N) is 1. The van der Waals surface area contributed by atoms with Crippen molar-refractivity contribution in [2.24, 2.45) is 5.92 Å². The maximum Gasteiger partial charge on any atom is 0.307 e. The Morgan fingerprint density at radius 3 is 2.90 bits per heavy atom. The first-order valence-electron chi connectivity index (χ1n) is 6.11. The van der Waals surface area contributed by atoms with Crippen LogP contribution in [-0.2, 0) is 15.0 Å². The number of carboxylic acids is 1. The van der Waals surface area contributed by atoms with Crippen molar-refractivity contribution in [1.29, 1.82) is 0 Å². The number of carboxylic acid groups (broad SMARTS) is 1. The highest BCUT2D eigenvalue weighted by Gasteiger charge is 2.32. The molecule has 0 bridgehead atoms. The van der Waals surface area contributed by atoms with Crippen molar-refractivity contribution in [3.8, 4) is 0 Å². The molecule has 2 rings (SSSR count). The average molecular weight is 399 g/mol. The van der Waals surface area contributed by atoms with Crippen molar-refractivity contribution >= 4 is 49.4 Å². The Bertz CT molecular complexity index is 655. The monoisotopic (exact) mass is 397 g/mol. The van der Waals surface area contributed by atoms with Crippen molar-refractivity contribution < 1.29 is 18.3 Å². The Balaban J connectivity index is 2.14. The van der Waals surface area contributed by atoms with Gasteiger partial charge in [-0.05, 0) is 34.8 Å². The molecule has 7 nitrogen and oxygen atoms in total. The molecule has 1 fully saturated rings. The predicted octanol–water partition coefficient (Wildman–Crippen LogP) is 1.95. The average Bonchev–Trinajstić information content (AvgIpc) is 2.43. The smallest absolute Gasteiger partial charge is 0.307 e. The first-order chi connectivity index (χ1) is 9.79. The molecule has 10 heteroatoms. The van der Waals surface area contributed by atoms with Crippen LogP contribution in [0.15, 0.2) is 16.7 Å². The zero-order valence-electron chi connectivity index (χ0n) is 10.8. The molecule has 1 saturated heterocycles. The Kier molecular flexibility index (Phi) is 5.07. The summed E-state index contributed by atoms with van der Waals surface area (Å²) in [6.45, 7) is 0.258. The van der Waals surface area contributed by atoms with E-state index in [0.717, 1.165) is 4.31 Å². The van der Waals surface area contributed by atoms with Crippen LogP contribution in [0.2, 0.25) is 5.15 Å². The van der Waals surface area contributed by atoms with Gasteiger partial charge in [0.05, 0.1) is 22.3 Å². The number of anilines is 1. The van der Waals surface area contributed by atoms with Crippen LogP contribution in [0.1, 0.15) is 12.8 Å². The third-order valence-electron chi connectivity index (χ3n) is 3.12. The second-order valence-electron chi connectivity index (χ2n) is 4.64. The quantitative estimate of drug-likeness (QED) is 0.755. The maximum atomic E-state index is 12.3. The fourth-order valence-corrected chi connectivity index (χ4v) is 3.79. The lowest BCUT2D eigenvalue weighted by atomic mass is 10.0. The Morgan fingerprint density at radius 1 is 1.57 bits per heavy atom. The topological polar surface area (TPSA) is 99.6 Å². The van der Waals surface area contributed by atoms with Gasteiger partial charge in [-0.2, -0.15) is 12.7 Å². The van der Waals surface area contributed by atoms with Crippen molar-refractivity contribution in [3.05, 3.63) is 21.9 Å². The predicted molar refractivity (Wildman–Crippen MR) is 81.4 cm³/mol. The largest absolute Gasteiger partial charge is 0.481 e. The minimum Gasteiger partial charge on any atom is -0.481 e. The molecular weight excluding hydrogens is 386 g/mol. The molecule has 0 radical (unpaired) electrons. The molecule has 0 aromatic carbocycles. The summed E-state index contributed by atoms with van der Waals surface area (Å²) in [6.07, 6.45) is 2.29. The molecule has 1 atom stereocenters. The van der Waals surface area contributed by atoms with Crippen LogP contribution in [0.4, 0.5) is 5.69 Å². The molecule has 2 heterocycles. The van der Waals surface area contributed by atoms with E-state index in [1.165, 1.54) is 12.3 Å². The standard InChI is InChI=1S/C11H13BrClN3O4S/c12-9-4-8(5-14-10(9)13)15-21(19,20)16-3-1-2-7(6-16)11(17)18/h4-5,7,15H,1-3,6H2,(H,17,18). The molecular formula is C11H13BrClN3O4S. The van der Waals surface area contributed by atoms with Gasteiger partial charge in [-0.3, -0.25) is 9.52 Å². The van der Waals surface area contributed by atoms with Crippen LogP contribution in [0, 0.1) is 5.92 Å². The van der Waals surface area contributed by atoms with Gasteiger partial charge in [-0.25, -0.2) is 4.98 Å². The molecule has 1 aromatic heterocycles. The Morgan fingerprint density at radius 2 is 2.29 bits per heavy atom. The van der Waals surface area contributed by atoms with E-state index in [1.54, 1.807) is 0 Å². The third-order valence-corrected chi connectivity index (χ3v) is 5.76. The molecule has 2 N–H and O–H groups in total. The highest BCUT2D eigenvalue weighted by atomic mass is 79.9. The second-order valence-corrected chi connectivity index (χ2v) is 7.52. The van der Waals surface area contributed by atoms with Gasteiger partial charge in [0.25, 0.3) is 0 Å². The highest BCUT2D eigenvalue weighted by Crippen LogP contribution is 2.25. The van der Waals surface area contributed by atoms with Crippen LogP contribution < -0.4 is 4.72 Å². The fourth-order valence-electron chi connectivity index (χ4n) is 2.05. The van der Waals surface area contributed by atoms with Gasteiger partial charge in [-0.15, -0.1) is 0 Å². The normalized spacial score (nSPS) is 20.2. The molecule has 0 amide bonds. The van der Waals surface area contributed by atoms with Crippen molar-refractivity contribution in [2.45, 2.75) is 12.8 Å². The molecule has 1 aliphatic heterocycles. The fraction of sp³-hybridized carbons (Fsp3) is 0.455. The summed E-state index contributed by atoms with van der Waals surface area (Å²) in [6, 6.07) is 1.49. The van der Waals surface area contributed by atoms with Gasteiger partial charge in [0.15, 0.2) is 0 Å². The maximum absolute atomic E-state index is 12.3. The molecule has 1 aliphatic rings. The molecule has 0 saturated carbocycles. The Hall–Kier alpha value is -0.900. The van der Waals surface area contributed by atoms with Crippen molar-refractivity contribution in [3.63, 3.8) is 0 Å². The molecule has 0 spiro atoms. The molecule has 116 valence electrons. The number of hydrogen-bond donors (Lipinski definition) is 2. The molecule has 21 heavy (non-hydrogen) atoms. The van der Waals surface area contributed by atoms with Gasteiger partial charge >= 0.3 is 16.2 Å². The van der Waals surface area contributed by atoms with E-state index in [2.05, 4.69) is 25.6 Å². The second kappa shape index (κ2) is 6.47. The van der Waals surface area contributed by atoms with Gasteiger partial charge < -0.3 is 5.11 Å². The van der Waals surface area contributed by atoms with E-state index in [9.17, 15) is 13.2 Å². The van der Waals surface area contributed by atoms with Gasteiger partial charge in [-0.1, -0.05) is 11.6 Å². The number of carbonyl (C=O) groups is 1. The first-order valence-corrected chi connectivity index (χ1v) is 8.72. The summed E-state index contributed by atoms with van der Waals surface area (Å²) in [5, 5.41) is 9.23. The van der Waals surface area contributed by atoms with E-state index in [4.69, 9.17) is 16.7 Å². The summed E-state index contributed by atoms with van der Waals surface area (Å²) in [4.78, 5) is 14.8. The van der Waals surface area contributed by atoms with Crippen LogP contribution in [0.3, 0.4) is 0 Å². The van der Waals surface area contributed by atoms with Crippen molar-refractivity contribution in [2.75, 3.05) is 17.8 Å². The lowest BCUT2D eigenvalue weighted by molar-refractivity contribution is -0.142. The van der Waals surface area contributed by atoms with E-state index in [0.29, 0.717) is 23.9 Å². The summed E-state index contributed by atoms with van der Waals surface area (Å²) >= 11 is 8.90. The first kappa shape index (κ1) is 16.5. The third kappa shape index (κ3) is 4.06. The zero-order valence-corrected chi connectivity index (χ0v) is 13.9. The number of piperidine rings is 1. The molecule has 1 unspecified atom stereocenters. The number of rotatable bonds is 4. The molecule has 1 aromatic rings. The van der Waals surface area contributed by atoms with E-state index in [-0.39, 0.29) is 17.4 Å². The summed E-state index contributed by atoms with van der Waals surface area (Å²) < 4.78 is 28.5. The van der Waals surface area contributed by atoms with Crippen LogP contribution in [-0.4, -0.2) is 41.9 Å². The van der Waals surface area contributed by atoms with Gasteiger partial charge in [0.1, 0.15) is 5.15 Å². The number of aromatic nitrogens is 1. The lowest BCUT2D eigenvalue weighted by Crippen LogP contribution is -2.44. The molecule has 0 aliphatic carbocycles.